The molecule has 1 aromatic heterocycles. The van der Waals surface area contributed by atoms with Crippen LogP contribution in [-0.2, 0) is 21.7 Å². The van der Waals surface area contributed by atoms with Gasteiger partial charge in [-0.2, -0.15) is 0 Å². The van der Waals surface area contributed by atoms with Crippen LogP contribution in [0.3, 0.4) is 0 Å². The van der Waals surface area contributed by atoms with E-state index >= 15 is 0 Å². The number of hydrogen-bond donors (Lipinski definition) is 0. The second-order valence-electron chi connectivity index (χ2n) is 22.5. The zero-order chi connectivity index (χ0) is 44.7. The van der Waals surface area contributed by atoms with E-state index in [0.29, 0.717) is 5.92 Å². The van der Waals surface area contributed by atoms with Gasteiger partial charge in [0.25, 0.3) is 6.71 Å². The second-order valence-corrected chi connectivity index (χ2v) is 23.6. The minimum atomic E-state index is -0.0961. The Kier molecular flexibility index (Phi) is 9.78. The van der Waals surface area contributed by atoms with E-state index in [4.69, 9.17) is 4.42 Å². The number of furan rings is 1. The smallest absolute Gasteiger partial charge is 0.297 e. The average molecular weight is 943 g/mol. The lowest BCUT2D eigenvalue weighted by molar-refractivity contribution is 0.332. The lowest BCUT2D eigenvalue weighted by atomic mass is 9.35. The van der Waals surface area contributed by atoms with Gasteiger partial charge in [-0.25, -0.2) is 0 Å². The number of rotatable bonds is 4. The molecule has 0 saturated carbocycles. The van der Waals surface area contributed by atoms with Crippen LogP contribution in [0, 0.1) is 13.8 Å². The van der Waals surface area contributed by atoms with Crippen LogP contribution >= 0.6 is 22.6 Å². The molecule has 63 heavy (non-hydrogen) atoms. The number of hydrogen-bond acceptors (Lipinski definition) is 3. The summed E-state index contributed by atoms with van der Waals surface area (Å²) < 4.78 is 8.79. The SMILES string of the molecule is C/C=C\C=C(/I)c1ccc(C)c(N2c3cc(C)cc4c3B(c3cc5c(cc3N4c3ccc(C(C)(C)C)cc3)C(C)(C)CCC5(C)C)c3oc4cc5c(cc4c32)C(C)(C)CCC5C)c1. The van der Waals surface area contributed by atoms with Crippen LogP contribution < -0.4 is 26.4 Å². The van der Waals surface area contributed by atoms with Gasteiger partial charge >= 0.3 is 0 Å². The van der Waals surface area contributed by atoms with Crippen molar-refractivity contribution < 1.29 is 4.42 Å². The summed E-state index contributed by atoms with van der Waals surface area (Å²) in [6, 6.07) is 31.5. The Morgan fingerprint density at radius 3 is 2.06 bits per heavy atom. The summed E-state index contributed by atoms with van der Waals surface area (Å²) in [5.41, 5.74) is 23.1. The van der Waals surface area contributed by atoms with Crippen molar-refractivity contribution in [2.24, 2.45) is 0 Å². The van der Waals surface area contributed by atoms with Crippen LogP contribution in [0.15, 0.2) is 102 Å². The molecular formula is C58H64BIN2O. The summed E-state index contributed by atoms with van der Waals surface area (Å²) in [4.78, 5) is 5.20. The van der Waals surface area contributed by atoms with Crippen molar-refractivity contribution in [1.82, 2.24) is 0 Å². The number of benzene rings is 5. The second kappa shape index (κ2) is 14.5. The van der Waals surface area contributed by atoms with Crippen molar-refractivity contribution in [3.05, 3.63) is 142 Å². The molecule has 3 heterocycles. The molecule has 0 radical (unpaired) electrons. The molecule has 0 amide bonds. The maximum absolute atomic E-state index is 7.58. The molecule has 4 aliphatic rings. The Balaban J connectivity index is 1.35. The highest BCUT2D eigenvalue weighted by Crippen LogP contribution is 2.53. The number of nitrogens with zero attached hydrogens (tertiary/aromatic N) is 2. The predicted molar refractivity (Wildman–Crippen MR) is 281 cm³/mol. The van der Waals surface area contributed by atoms with Crippen molar-refractivity contribution >= 4 is 94.6 Å². The highest BCUT2D eigenvalue weighted by atomic mass is 127. The van der Waals surface area contributed by atoms with Crippen molar-refractivity contribution in [2.75, 3.05) is 9.80 Å². The molecule has 1 atom stereocenters. The van der Waals surface area contributed by atoms with Crippen LogP contribution in [0.25, 0.3) is 14.5 Å². The van der Waals surface area contributed by atoms with Crippen LogP contribution in [-0.4, -0.2) is 6.71 Å². The topological polar surface area (TPSA) is 19.6 Å². The molecule has 0 N–H and O–H groups in total. The summed E-state index contributed by atoms with van der Waals surface area (Å²) in [7, 11) is 0. The third-order valence-electron chi connectivity index (χ3n) is 15.6. The molecule has 0 spiro atoms. The van der Waals surface area contributed by atoms with Crippen molar-refractivity contribution in [3.63, 3.8) is 0 Å². The van der Waals surface area contributed by atoms with E-state index in [-0.39, 0.29) is 28.4 Å². The molecule has 5 heteroatoms. The lowest BCUT2D eigenvalue weighted by Gasteiger charge is -2.46. The molecule has 0 bridgehead atoms. The molecule has 6 aromatic rings. The fourth-order valence-corrected chi connectivity index (χ4v) is 12.1. The Morgan fingerprint density at radius 1 is 0.746 bits per heavy atom. The Bertz CT molecular complexity index is 2930. The largest absolute Gasteiger partial charge is 0.468 e. The van der Waals surface area contributed by atoms with Gasteiger partial charge in [-0.3, -0.25) is 0 Å². The molecule has 0 saturated heterocycles. The monoisotopic (exact) mass is 942 g/mol. The summed E-state index contributed by atoms with van der Waals surface area (Å²) >= 11 is 2.51. The molecule has 2 aliphatic heterocycles. The van der Waals surface area contributed by atoms with Gasteiger partial charge in [0.1, 0.15) is 5.58 Å². The molecule has 10 rings (SSSR count). The fourth-order valence-electron chi connectivity index (χ4n) is 11.5. The van der Waals surface area contributed by atoms with Gasteiger partial charge in [0, 0.05) is 37.4 Å². The highest BCUT2D eigenvalue weighted by Gasteiger charge is 2.49. The summed E-state index contributed by atoms with van der Waals surface area (Å²) in [5.74, 6) is 0.484. The van der Waals surface area contributed by atoms with Crippen LogP contribution in [0.4, 0.5) is 34.1 Å². The van der Waals surface area contributed by atoms with E-state index in [2.05, 4.69) is 219 Å². The fraction of sp³-hybridized carbons (Fsp3) is 0.379. The van der Waals surface area contributed by atoms with Crippen LogP contribution in [0.2, 0.25) is 0 Å². The average Bonchev–Trinajstić information content (AvgIpc) is 3.60. The van der Waals surface area contributed by atoms with E-state index < -0.39 is 0 Å². The van der Waals surface area contributed by atoms with E-state index in [1.165, 1.54) is 118 Å². The number of aryl methyl sites for hydroxylation is 2. The lowest BCUT2D eigenvalue weighted by Crippen LogP contribution is -2.61. The van der Waals surface area contributed by atoms with E-state index in [1.807, 2.05) is 0 Å². The molecule has 2 aliphatic carbocycles. The number of fused-ring (bicyclic) bond motifs is 8. The van der Waals surface area contributed by atoms with Crippen molar-refractivity contribution in [1.29, 1.82) is 0 Å². The quantitative estimate of drug-likeness (QED) is 0.0996. The summed E-state index contributed by atoms with van der Waals surface area (Å²) in [6.07, 6.45) is 11.2. The molecule has 1 unspecified atom stereocenters. The third-order valence-corrected chi connectivity index (χ3v) is 16.5. The van der Waals surface area contributed by atoms with E-state index in [9.17, 15) is 0 Å². The normalized spacial score (nSPS) is 19.5. The summed E-state index contributed by atoms with van der Waals surface area (Å²) in [6.45, 7) is 30.6. The number of halogens is 1. The van der Waals surface area contributed by atoms with Gasteiger partial charge in [-0.05, 0) is 207 Å². The first-order chi connectivity index (χ1) is 29.7. The van der Waals surface area contributed by atoms with Gasteiger partial charge in [-0.15, -0.1) is 0 Å². The summed E-state index contributed by atoms with van der Waals surface area (Å²) in [5, 5.41) is 1.21. The maximum atomic E-state index is 7.58. The van der Waals surface area contributed by atoms with Gasteiger partial charge < -0.3 is 14.2 Å². The number of allylic oxidation sites excluding steroid dienone is 3. The molecule has 5 aromatic carbocycles. The minimum Gasteiger partial charge on any atom is -0.468 e. The van der Waals surface area contributed by atoms with Crippen molar-refractivity contribution in [3.8, 4) is 0 Å². The Morgan fingerprint density at radius 2 is 1.40 bits per heavy atom. The van der Waals surface area contributed by atoms with E-state index in [1.54, 1.807) is 0 Å². The molecule has 0 fully saturated rings. The first kappa shape index (κ1) is 42.5. The van der Waals surface area contributed by atoms with Crippen LogP contribution in [0.5, 0.6) is 0 Å². The van der Waals surface area contributed by atoms with Gasteiger partial charge in [0.15, 0.2) is 0 Å². The molecule has 322 valence electrons. The van der Waals surface area contributed by atoms with Gasteiger partial charge in [0.2, 0.25) is 0 Å². The van der Waals surface area contributed by atoms with E-state index in [0.717, 1.165) is 17.7 Å². The minimum absolute atomic E-state index is 0.0445. The predicted octanol–water partition coefficient (Wildman–Crippen LogP) is 15.3. The number of anilines is 6. The van der Waals surface area contributed by atoms with Crippen LogP contribution in [0.1, 0.15) is 152 Å². The standard InChI is InChI=1S/C58H64BIN2O/c1-14-15-16-46(60)37-18-17-36(4)47(29-37)62-50-28-34(2)27-49-52(50)59(54-53(62)41-30-42-40(31-51(41)63-54)35(3)23-24-56(42,8)9)45-32-43-44(58(12,13)26-25-57(43,10)11)33-48(45)61(49)39-21-19-38(20-22-39)55(5,6)7/h14-22,27-33,35H,23-26H2,1-13H3/b15-14-,46-16-. The first-order valence-electron chi connectivity index (χ1n) is 23.4. The molecular weight excluding hydrogens is 878 g/mol. The Labute approximate surface area is 391 Å². The molecule has 3 nitrogen and oxygen atoms in total. The van der Waals surface area contributed by atoms with Crippen molar-refractivity contribution in [2.45, 2.75) is 143 Å². The zero-order valence-electron chi connectivity index (χ0n) is 39.9. The Hall–Kier alpha value is -4.49. The zero-order valence-corrected chi connectivity index (χ0v) is 42.1. The first-order valence-corrected chi connectivity index (χ1v) is 24.5. The highest BCUT2D eigenvalue weighted by molar-refractivity contribution is 14.1. The van der Waals surface area contributed by atoms with Gasteiger partial charge in [0.05, 0.1) is 11.3 Å². The van der Waals surface area contributed by atoms with Gasteiger partial charge in [-0.1, -0.05) is 112 Å². The maximum Gasteiger partial charge on any atom is 0.297 e. The third kappa shape index (κ3) is 6.63.